The quantitative estimate of drug-likeness (QED) is 0.836. The molecule has 0 spiro atoms. The molecule has 0 unspecified atom stereocenters. The van der Waals surface area contributed by atoms with Crippen molar-refractivity contribution in [2.45, 2.75) is 24.7 Å². The molecule has 0 bridgehead atoms. The fraction of sp³-hybridized carbons (Fsp3) is 0.529. The van der Waals surface area contributed by atoms with Crippen LogP contribution in [0.2, 0.25) is 0 Å². The molecule has 4 rings (SSSR count). The third-order valence-corrected chi connectivity index (χ3v) is 6.98. The second-order valence-electron chi connectivity index (χ2n) is 6.71. The lowest BCUT2D eigenvalue weighted by Crippen LogP contribution is -2.40. The number of amides is 1. The number of hydrogen-bond donors (Lipinski definition) is 1. The van der Waals surface area contributed by atoms with Crippen LogP contribution in [0.5, 0.6) is 0 Å². The van der Waals surface area contributed by atoms with E-state index in [4.69, 9.17) is 9.15 Å². The first-order valence-corrected chi connectivity index (χ1v) is 10.4. The maximum atomic E-state index is 12.9. The first-order chi connectivity index (χ1) is 13.0. The third-order valence-electron chi connectivity index (χ3n) is 4.97. The van der Waals surface area contributed by atoms with Crippen LogP contribution in [0.25, 0.3) is 11.5 Å². The van der Waals surface area contributed by atoms with Gasteiger partial charge in [-0.15, -0.1) is 0 Å². The summed E-state index contributed by atoms with van der Waals surface area (Å²) in [7, 11) is -3.60. The second kappa shape index (κ2) is 7.10. The van der Waals surface area contributed by atoms with Gasteiger partial charge in [-0.2, -0.15) is 9.40 Å². The maximum absolute atomic E-state index is 12.9. The molecular formula is C17H22N4O5S. The lowest BCUT2D eigenvalue weighted by Gasteiger charge is -2.26. The van der Waals surface area contributed by atoms with Crippen molar-refractivity contribution in [3.05, 3.63) is 23.6 Å². The van der Waals surface area contributed by atoms with Crippen LogP contribution in [0.4, 0.5) is 0 Å². The molecule has 2 saturated heterocycles. The number of aromatic nitrogens is 2. The number of hydrogen-bond acceptors (Lipinski definition) is 6. The summed E-state index contributed by atoms with van der Waals surface area (Å²) in [5, 5.41) is 6.74. The minimum Gasteiger partial charge on any atom is -0.458 e. The van der Waals surface area contributed by atoms with Gasteiger partial charge in [-0.05, 0) is 19.8 Å². The van der Waals surface area contributed by atoms with Gasteiger partial charge < -0.3 is 14.1 Å². The number of sulfonamides is 1. The molecule has 10 heteroatoms. The summed E-state index contributed by atoms with van der Waals surface area (Å²) in [4.78, 5) is 14.6. The van der Waals surface area contributed by atoms with Gasteiger partial charge >= 0.3 is 0 Å². The number of furan rings is 1. The molecule has 1 amide bonds. The largest absolute Gasteiger partial charge is 0.458 e. The van der Waals surface area contributed by atoms with E-state index in [-0.39, 0.29) is 10.8 Å². The van der Waals surface area contributed by atoms with Crippen molar-refractivity contribution in [1.82, 2.24) is 19.4 Å². The second-order valence-corrected chi connectivity index (χ2v) is 8.61. The van der Waals surface area contributed by atoms with Crippen LogP contribution in [0, 0.1) is 6.92 Å². The Labute approximate surface area is 157 Å². The molecule has 1 N–H and O–H groups in total. The van der Waals surface area contributed by atoms with E-state index in [0.29, 0.717) is 62.2 Å². The lowest BCUT2D eigenvalue weighted by atomic mass is 10.2. The minimum atomic E-state index is -3.60. The number of aromatic amines is 1. The van der Waals surface area contributed by atoms with Crippen LogP contribution >= 0.6 is 0 Å². The number of morpholine rings is 1. The Kier molecular flexibility index (Phi) is 4.79. The highest BCUT2D eigenvalue weighted by molar-refractivity contribution is 7.89. The molecule has 0 aromatic carbocycles. The summed E-state index contributed by atoms with van der Waals surface area (Å²) in [6.45, 7) is 4.67. The highest BCUT2D eigenvalue weighted by atomic mass is 32.2. The van der Waals surface area contributed by atoms with Crippen molar-refractivity contribution in [2.75, 3.05) is 39.4 Å². The number of carbonyl (C=O) groups is 1. The van der Waals surface area contributed by atoms with Crippen LogP contribution < -0.4 is 0 Å². The number of nitrogens with zero attached hydrogens (tertiary/aromatic N) is 3. The zero-order valence-corrected chi connectivity index (χ0v) is 15.9. The summed E-state index contributed by atoms with van der Waals surface area (Å²) in [6.07, 6.45) is 3.17. The highest BCUT2D eigenvalue weighted by Gasteiger charge is 2.32. The molecule has 0 saturated carbocycles. The summed E-state index contributed by atoms with van der Waals surface area (Å²) < 4.78 is 38.2. The Hall–Kier alpha value is -2.17. The molecule has 27 heavy (non-hydrogen) atoms. The van der Waals surface area contributed by atoms with Gasteiger partial charge in [0.25, 0.3) is 5.91 Å². The van der Waals surface area contributed by atoms with E-state index in [0.717, 1.165) is 12.8 Å². The number of aryl methyl sites for hydroxylation is 1. The molecule has 2 aliphatic heterocycles. The summed E-state index contributed by atoms with van der Waals surface area (Å²) >= 11 is 0. The minimum absolute atomic E-state index is 0.138. The fourth-order valence-corrected chi connectivity index (χ4v) is 5.16. The van der Waals surface area contributed by atoms with Crippen LogP contribution in [-0.4, -0.2) is 73.1 Å². The Morgan fingerprint density at radius 3 is 2.59 bits per heavy atom. The number of ether oxygens (including phenoxy) is 1. The van der Waals surface area contributed by atoms with Crippen LogP contribution in [0.15, 0.2) is 21.6 Å². The molecule has 2 fully saturated rings. The molecule has 2 aromatic rings. The van der Waals surface area contributed by atoms with Gasteiger partial charge in [0.1, 0.15) is 16.3 Å². The Balaban J connectivity index is 1.66. The van der Waals surface area contributed by atoms with Crippen molar-refractivity contribution in [2.24, 2.45) is 0 Å². The molecule has 2 aliphatic rings. The first-order valence-electron chi connectivity index (χ1n) is 9.00. The van der Waals surface area contributed by atoms with Crippen molar-refractivity contribution in [1.29, 1.82) is 0 Å². The molecule has 2 aromatic heterocycles. The molecule has 4 heterocycles. The standard InChI is InChI=1S/C17H22N4O5S/c1-12-15(27(23,24)21-4-2-3-5-21)10-14(26-12)16-13(11-18-19-16)17(22)20-6-8-25-9-7-20/h10-11H,2-9H2,1H3,(H,18,19). The van der Waals surface area contributed by atoms with Crippen molar-refractivity contribution < 1.29 is 22.4 Å². The Morgan fingerprint density at radius 2 is 1.89 bits per heavy atom. The van der Waals surface area contributed by atoms with Crippen molar-refractivity contribution in [3.8, 4) is 11.5 Å². The van der Waals surface area contributed by atoms with E-state index in [9.17, 15) is 13.2 Å². The van der Waals surface area contributed by atoms with Gasteiger partial charge in [0, 0.05) is 32.2 Å². The van der Waals surface area contributed by atoms with Crippen LogP contribution in [0.3, 0.4) is 0 Å². The number of carbonyl (C=O) groups excluding carboxylic acids is 1. The smallest absolute Gasteiger partial charge is 0.257 e. The van der Waals surface area contributed by atoms with Crippen molar-refractivity contribution in [3.63, 3.8) is 0 Å². The predicted octanol–water partition coefficient (Wildman–Crippen LogP) is 1.24. The monoisotopic (exact) mass is 394 g/mol. The lowest BCUT2D eigenvalue weighted by molar-refractivity contribution is 0.0303. The van der Waals surface area contributed by atoms with E-state index in [1.807, 2.05) is 0 Å². The topological polar surface area (TPSA) is 109 Å². The van der Waals surface area contributed by atoms with E-state index in [1.54, 1.807) is 11.8 Å². The predicted molar refractivity (Wildman–Crippen MR) is 95.7 cm³/mol. The van der Waals surface area contributed by atoms with Gasteiger partial charge in [-0.3, -0.25) is 9.89 Å². The SMILES string of the molecule is Cc1oc(-c2[nH]ncc2C(=O)N2CCOCC2)cc1S(=O)(=O)N1CCCC1. The van der Waals surface area contributed by atoms with Gasteiger partial charge in [0.05, 0.1) is 25.0 Å². The fourth-order valence-electron chi connectivity index (χ4n) is 3.49. The third kappa shape index (κ3) is 3.28. The Morgan fingerprint density at radius 1 is 1.19 bits per heavy atom. The summed E-state index contributed by atoms with van der Waals surface area (Å²) in [5.41, 5.74) is 0.744. The molecule has 9 nitrogen and oxygen atoms in total. The van der Waals surface area contributed by atoms with Gasteiger partial charge in [-0.25, -0.2) is 8.42 Å². The van der Waals surface area contributed by atoms with Gasteiger partial charge in [0.2, 0.25) is 10.0 Å². The average Bonchev–Trinajstić information content (AvgIpc) is 3.41. The molecule has 0 radical (unpaired) electrons. The number of rotatable bonds is 4. The van der Waals surface area contributed by atoms with E-state index in [2.05, 4.69) is 10.2 Å². The van der Waals surface area contributed by atoms with E-state index >= 15 is 0 Å². The van der Waals surface area contributed by atoms with E-state index in [1.165, 1.54) is 16.6 Å². The van der Waals surface area contributed by atoms with Crippen molar-refractivity contribution >= 4 is 15.9 Å². The zero-order chi connectivity index (χ0) is 19.0. The maximum Gasteiger partial charge on any atom is 0.257 e. The molecule has 146 valence electrons. The average molecular weight is 394 g/mol. The first kappa shape index (κ1) is 18.2. The van der Waals surface area contributed by atoms with E-state index < -0.39 is 10.0 Å². The van der Waals surface area contributed by atoms with Crippen LogP contribution in [0.1, 0.15) is 29.0 Å². The number of H-pyrrole nitrogens is 1. The Bertz CT molecular complexity index is 936. The van der Waals surface area contributed by atoms with Gasteiger partial charge in [0.15, 0.2) is 5.76 Å². The van der Waals surface area contributed by atoms with Gasteiger partial charge in [-0.1, -0.05) is 0 Å². The molecular weight excluding hydrogens is 372 g/mol. The molecule has 0 atom stereocenters. The highest BCUT2D eigenvalue weighted by Crippen LogP contribution is 2.32. The summed E-state index contributed by atoms with van der Waals surface area (Å²) in [6, 6.07) is 1.48. The molecule has 0 aliphatic carbocycles. The normalized spacial score (nSPS) is 18.9. The van der Waals surface area contributed by atoms with Crippen LogP contribution in [-0.2, 0) is 14.8 Å². The summed E-state index contributed by atoms with van der Waals surface area (Å²) in [5.74, 6) is 0.413. The zero-order valence-electron chi connectivity index (χ0n) is 15.1. The number of nitrogens with one attached hydrogen (secondary N) is 1.